The fourth-order valence-electron chi connectivity index (χ4n) is 2.67. The topological polar surface area (TPSA) is 70.6 Å². The third-order valence-electron chi connectivity index (χ3n) is 3.86. The van der Waals surface area contributed by atoms with Gasteiger partial charge in [-0.05, 0) is 24.8 Å². The molecular formula is C16H24N2O3. The molecule has 1 aromatic carbocycles. The average molecular weight is 292 g/mol. The highest BCUT2D eigenvalue weighted by molar-refractivity contribution is 5.74. The van der Waals surface area contributed by atoms with Crippen LogP contribution in [-0.4, -0.2) is 36.5 Å². The van der Waals surface area contributed by atoms with Crippen LogP contribution >= 0.6 is 0 Å². The average Bonchev–Trinajstić information content (AvgIpc) is 3.05. The predicted octanol–water partition coefficient (Wildman–Crippen LogP) is 1.98. The molecule has 2 amide bonds. The molecule has 3 N–H and O–H groups in total. The maximum absolute atomic E-state index is 12.1. The molecule has 0 radical (unpaired) electrons. The summed E-state index contributed by atoms with van der Waals surface area (Å²) in [7, 11) is 0. The van der Waals surface area contributed by atoms with Gasteiger partial charge in [-0.15, -0.1) is 0 Å². The third-order valence-corrected chi connectivity index (χ3v) is 3.86. The van der Waals surface area contributed by atoms with Gasteiger partial charge in [-0.1, -0.05) is 37.3 Å². The van der Waals surface area contributed by atoms with E-state index in [4.69, 9.17) is 4.74 Å². The fraction of sp³-hybridized carbons (Fsp3) is 0.562. The number of aliphatic hydroxyl groups is 1. The Hall–Kier alpha value is -1.59. The first-order valence-electron chi connectivity index (χ1n) is 7.59. The first-order chi connectivity index (χ1) is 10.2. The summed E-state index contributed by atoms with van der Waals surface area (Å²) in [5, 5.41) is 15.2. The Morgan fingerprint density at radius 1 is 1.38 bits per heavy atom. The van der Waals surface area contributed by atoms with E-state index in [0.717, 1.165) is 31.4 Å². The van der Waals surface area contributed by atoms with Crippen LogP contribution in [0.1, 0.15) is 37.8 Å². The number of carbonyl (C=O) groups is 1. The molecule has 1 saturated heterocycles. The molecule has 0 aliphatic carbocycles. The molecule has 1 aromatic rings. The van der Waals surface area contributed by atoms with E-state index in [1.807, 2.05) is 37.3 Å². The van der Waals surface area contributed by atoms with Crippen LogP contribution in [0.15, 0.2) is 30.3 Å². The minimum absolute atomic E-state index is 0.0163. The molecule has 1 aliphatic heterocycles. The molecule has 21 heavy (non-hydrogen) atoms. The van der Waals surface area contributed by atoms with Crippen molar-refractivity contribution < 1.29 is 14.6 Å². The van der Waals surface area contributed by atoms with Crippen molar-refractivity contribution in [2.45, 2.75) is 44.4 Å². The molecule has 0 saturated carbocycles. The molecule has 0 bridgehead atoms. The third kappa shape index (κ3) is 4.44. The number of benzene rings is 1. The second-order valence-corrected chi connectivity index (χ2v) is 5.33. The number of amides is 2. The molecule has 3 unspecified atom stereocenters. The van der Waals surface area contributed by atoms with E-state index in [0.29, 0.717) is 0 Å². The van der Waals surface area contributed by atoms with Crippen LogP contribution in [0.3, 0.4) is 0 Å². The van der Waals surface area contributed by atoms with Crippen molar-refractivity contribution in [3.05, 3.63) is 35.9 Å². The van der Waals surface area contributed by atoms with Crippen LogP contribution in [0.5, 0.6) is 0 Å². The Bertz CT molecular complexity index is 432. The number of nitrogens with one attached hydrogen (secondary N) is 2. The Kier molecular flexibility index (Phi) is 6.02. The van der Waals surface area contributed by atoms with Crippen molar-refractivity contribution in [1.29, 1.82) is 0 Å². The van der Waals surface area contributed by atoms with Crippen molar-refractivity contribution in [2.24, 2.45) is 0 Å². The molecular weight excluding hydrogens is 268 g/mol. The first kappa shape index (κ1) is 15.8. The van der Waals surface area contributed by atoms with Crippen LogP contribution in [0, 0.1) is 0 Å². The highest BCUT2D eigenvalue weighted by atomic mass is 16.5. The van der Waals surface area contributed by atoms with Crippen LogP contribution in [0.2, 0.25) is 0 Å². The fourth-order valence-corrected chi connectivity index (χ4v) is 2.67. The lowest BCUT2D eigenvalue weighted by Gasteiger charge is -2.25. The maximum Gasteiger partial charge on any atom is 0.315 e. The SMILES string of the molecule is CCC(NC(=O)NC(CO)c1ccccc1)C1CCCO1. The monoisotopic (exact) mass is 292 g/mol. The summed E-state index contributed by atoms with van der Waals surface area (Å²) in [6.07, 6.45) is 2.96. The molecule has 0 aromatic heterocycles. The predicted molar refractivity (Wildman–Crippen MR) is 81.0 cm³/mol. The van der Waals surface area contributed by atoms with Gasteiger partial charge < -0.3 is 20.5 Å². The van der Waals surface area contributed by atoms with E-state index in [2.05, 4.69) is 10.6 Å². The van der Waals surface area contributed by atoms with Crippen LogP contribution in [-0.2, 0) is 4.74 Å². The lowest BCUT2D eigenvalue weighted by Crippen LogP contribution is -2.48. The summed E-state index contributed by atoms with van der Waals surface area (Å²) in [6, 6.07) is 8.81. The van der Waals surface area contributed by atoms with E-state index in [9.17, 15) is 9.90 Å². The largest absolute Gasteiger partial charge is 0.394 e. The molecule has 1 aliphatic rings. The van der Waals surface area contributed by atoms with Crippen LogP contribution in [0.4, 0.5) is 4.79 Å². The molecule has 5 heteroatoms. The second kappa shape index (κ2) is 8.00. The lowest BCUT2D eigenvalue weighted by molar-refractivity contribution is 0.0792. The zero-order valence-electron chi connectivity index (χ0n) is 12.4. The standard InChI is InChI=1S/C16H24N2O3/c1-2-13(15-9-6-10-21-15)17-16(20)18-14(11-19)12-7-4-3-5-8-12/h3-5,7-8,13-15,19H,2,6,9-11H2,1H3,(H2,17,18,20). The Balaban J connectivity index is 1.90. The number of carbonyl (C=O) groups excluding carboxylic acids is 1. The Labute approximate surface area is 125 Å². The van der Waals surface area contributed by atoms with Gasteiger partial charge in [-0.3, -0.25) is 0 Å². The van der Waals surface area contributed by atoms with Gasteiger partial charge in [-0.25, -0.2) is 4.79 Å². The number of hydrogen-bond acceptors (Lipinski definition) is 3. The second-order valence-electron chi connectivity index (χ2n) is 5.33. The molecule has 1 heterocycles. The molecule has 3 atom stereocenters. The summed E-state index contributed by atoms with van der Waals surface area (Å²) in [5.74, 6) is 0. The summed E-state index contributed by atoms with van der Waals surface area (Å²) >= 11 is 0. The van der Waals surface area contributed by atoms with Crippen molar-refractivity contribution in [2.75, 3.05) is 13.2 Å². The quantitative estimate of drug-likeness (QED) is 0.751. The minimum Gasteiger partial charge on any atom is -0.394 e. The minimum atomic E-state index is -0.395. The summed E-state index contributed by atoms with van der Waals surface area (Å²) in [5.41, 5.74) is 0.889. The van der Waals surface area contributed by atoms with Crippen molar-refractivity contribution in [3.8, 4) is 0 Å². The highest BCUT2D eigenvalue weighted by Gasteiger charge is 2.26. The van der Waals surface area contributed by atoms with Gasteiger partial charge in [-0.2, -0.15) is 0 Å². The highest BCUT2D eigenvalue weighted by Crippen LogP contribution is 2.18. The smallest absolute Gasteiger partial charge is 0.315 e. The van der Waals surface area contributed by atoms with Crippen molar-refractivity contribution in [1.82, 2.24) is 10.6 Å². The number of ether oxygens (including phenoxy) is 1. The molecule has 0 spiro atoms. The van der Waals surface area contributed by atoms with Crippen molar-refractivity contribution >= 4 is 6.03 Å². The van der Waals surface area contributed by atoms with Crippen LogP contribution < -0.4 is 10.6 Å². The van der Waals surface area contributed by atoms with Gasteiger partial charge in [0.15, 0.2) is 0 Å². The van der Waals surface area contributed by atoms with Crippen molar-refractivity contribution in [3.63, 3.8) is 0 Å². The molecule has 5 nitrogen and oxygen atoms in total. The number of aliphatic hydroxyl groups excluding tert-OH is 1. The normalized spacial score (nSPS) is 20.8. The number of hydrogen-bond donors (Lipinski definition) is 3. The van der Waals surface area contributed by atoms with E-state index < -0.39 is 6.04 Å². The van der Waals surface area contributed by atoms with Gasteiger partial charge in [0.25, 0.3) is 0 Å². The Morgan fingerprint density at radius 2 is 2.14 bits per heavy atom. The number of urea groups is 1. The Morgan fingerprint density at radius 3 is 2.71 bits per heavy atom. The van der Waals surface area contributed by atoms with Gasteiger partial charge >= 0.3 is 6.03 Å². The van der Waals surface area contributed by atoms with E-state index >= 15 is 0 Å². The molecule has 2 rings (SSSR count). The summed E-state index contributed by atoms with van der Waals surface area (Å²) in [4.78, 5) is 12.1. The van der Waals surface area contributed by atoms with E-state index in [-0.39, 0.29) is 24.8 Å². The zero-order chi connectivity index (χ0) is 15.1. The summed E-state index contributed by atoms with van der Waals surface area (Å²) < 4.78 is 5.63. The van der Waals surface area contributed by atoms with Gasteiger partial charge in [0.05, 0.1) is 24.8 Å². The first-order valence-corrected chi connectivity index (χ1v) is 7.59. The maximum atomic E-state index is 12.1. The van der Waals surface area contributed by atoms with Gasteiger partial charge in [0, 0.05) is 6.61 Å². The molecule has 116 valence electrons. The molecule has 1 fully saturated rings. The van der Waals surface area contributed by atoms with E-state index in [1.165, 1.54) is 0 Å². The van der Waals surface area contributed by atoms with Crippen LogP contribution in [0.25, 0.3) is 0 Å². The zero-order valence-corrected chi connectivity index (χ0v) is 12.4. The van der Waals surface area contributed by atoms with E-state index in [1.54, 1.807) is 0 Å². The van der Waals surface area contributed by atoms with Gasteiger partial charge in [0.2, 0.25) is 0 Å². The summed E-state index contributed by atoms with van der Waals surface area (Å²) in [6.45, 7) is 2.68. The van der Waals surface area contributed by atoms with Gasteiger partial charge in [0.1, 0.15) is 0 Å². The lowest BCUT2D eigenvalue weighted by atomic mass is 10.1. The number of rotatable bonds is 6.